The first kappa shape index (κ1) is 14.2. The number of ether oxygens (including phenoxy) is 1. The topological polar surface area (TPSA) is 26.3 Å². The quantitative estimate of drug-likeness (QED) is 0.475. The molecule has 0 aliphatic carbocycles. The first-order valence-corrected chi connectivity index (χ1v) is 5.97. The number of allylic oxidation sites excluding steroid dienone is 1. The highest BCUT2D eigenvalue weighted by molar-refractivity contribution is 5.88. The summed E-state index contributed by atoms with van der Waals surface area (Å²) in [4.78, 5) is 11.6. The first-order valence-electron chi connectivity index (χ1n) is 5.97. The second kappa shape index (κ2) is 8.51. The summed E-state index contributed by atoms with van der Waals surface area (Å²) in [5.74, 6) is 0.461. The van der Waals surface area contributed by atoms with Gasteiger partial charge in [-0.05, 0) is 32.1 Å². The van der Waals surface area contributed by atoms with Crippen LogP contribution in [0, 0.1) is 5.92 Å². The summed E-state index contributed by atoms with van der Waals surface area (Å²) in [6, 6.07) is 0. The van der Waals surface area contributed by atoms with Gasteiger partial charge in [-0.3, -0.25) is 0 Å². The van der Waals surface area contributed by atoms with Crippen molar-refractivity contribution < 1.29 is 9.53 Å². The van der Waals surface area contributed by atoms with Crippen LogP contribution in [0.15, 0.2) is 11.6 Å². The fraction of sp³-hybridized carbons (Fsp3) is 0.769. The minimum Gasteiger partial charge on any atom is -0.463 e. The molecule has 0 fully saturated rings. The number of unbranched alkanes of at least 4 members (excludes halogenated alkanes) is 1. The van der Waals surface area contributed by atoms with Gasteiger partial charge in [-0.15, -0.1) is 0 Å². The van der Waals surface area contributed by atoms with Crippen LogP contribution >= 0.6 is 0 Å². The Kier molecular flexibility index (Phi) is 8.06. The number of rotatable bonds is 7. The summed E-state index contributed by atoms with van der Waals surface area (Å²) in [5, 5.41) is 0. The monoisotopic (exact) mass is 212 g/mol. The van der Waals surface area contributed by atoms with E-state index in [9.17, 15) is 4.79 Å². The van der Waals surface area contributed by atoms with Crippen LogP contribution in [0.3, 0.4) is 0 Å². The number of carbonyl (C=O) groups excluding carboxylic acids is 1. The molecule has 0 saturated heterocycles. The van der Waals surface area contributed by atoms with Crippen LogP contribution in [0.5, 0.6) is 0 Å². The van der Waals surface area contributed by atoms with E-state index in [0.717, 1.165) is 31.3 Å². The summed E-state index contributed by atoms with van der Waals surface area (Å²) in [5.41, 5.74) is 0.854. The molecule has 0 saturated carbocycles. The number of hydrogen-bond acceptors (Lipinski definition) is 2. The highest BCUT2D eigenvalue weighted by atomic mass is 16.5. The normalized spacial score (nSPS) is 11.9. The van der Waals surface area contributed by atoms with Gasteiger partial charge in [0.15, 0.2) is 0 Å². The highest BCUT2D eigenvalue weighted by Crippen LogP contribution is 2.13. The lowest BCUT2D eigenvalue weighted by atomic mass is 10.0. The fourth-order valence-electron chi connectivity index (χ4n) is 1.26. The van der Waals surface area contributed by atoms with Crippen molar-refractivity contribution >= 4 is 5.97 Å². The Labute approximate surface area is 93.7 Å². The molecule has 15 heavy (non-hydrogen) atoms. The molecule has 88 valence electrons. The molecule has 0 spiro atoms. The zero-order valence-corrected chi connectivity index (χ0v) is 10.5. The second-order valence-corrected chi connectivity index (χ2v) is 4.18. The van der Waals surface area contributed by atoms with Crippen molar-refractivity contribution in [3.8, 4) is 0 Å². The van der Waals surface area contributed by atoms with Crippen molar-refractivity contribution in [2.24, 2.45) is 5.92 Å². The average Bonchev–Trinajstić information content (AvgIpc) is 2.17. The lowest BCUT2D eigenvalue weighted by Gasteiger charge is -2.07. The van der Waals surface area contributed by atoms with Crippen LogP contribution in [0.25, 0.3) is 0 Å². The van der Waals surface area contributed by atoms with Crippen LogP contribution in [-0.2, 0) is 9.53 Å². The predicted octanol–water partition coefficient (Wildman–Crippen LogP) is 3.71. The van der Waals surface area contributed by atoms with E-state index in [1.807, 2.05) is 13.0 Å². The van der Waals surface area contributed by atoms with E-state index in [2.05, 4.69) is 20.8 Å². The van der Waals surface area contributed by atoms with Crippen molar-refractivity contribution in [3.05, 3.63) is 11.6 Å². The van der Waals surface area contributed by atoms with Gasteiger partial charge in [-0.1, -0.05) is 33.3 Å². The van der Waals surface area contributed by atoms with Crippen molar-refractivity contribution in [1.29, 1.82) is 0 Å². The maximum atomic E-state index is 11.6. The number of carbonyl (C=O) groups is 1. The Bertz CT molecular complexity index is 205. The van der Waals surface area contributed by atoms with Gasteiger partial charge in [-0.25, -0.2) is 4.79 Å². The number of hydrogen-bond donors (Lipinski definition) is 0. The van der Waals surface area contributed by atoms with Gasteiger partial charge in [0.1, 0.15) is 0 Å². The van der Waals surface area contributed by atoms with Gasteiger partial charge in [0, 0.05) is 5.57 Å². The maximum Gasteiger partial charge on any atom is 0.333 e. The molecular formula is C13H24O2. The van der Waals surface area contributed by atoms with Crippen LogP contribution in [0.1, 0.15) is 53.4 Å². The molecule has 2 nitrogen and oxygen atoms in total. The Morgan fingerprint density at radius 1 is 1.33 bits per heavy atom. The van der Waals surface area contributed by atoms with Crippen molar-refractivity contribution in [1.82, 2.24) is 0 Å². The molecule has 0 aromatic carbocycles. The second-order valence-electron chi connectivity index (χ2n) is 4.18. The molecule has 0 heterocycles. The zero-order valence-electron chi connectivity index (χ0n) is 10.5. The van der Waals surface area contributed by atoms with Crippen LogP contribution in [0.4, 0.5) is 0 Å². The first-order chi connectivity index (χ1) is 7.11. The van der Waals surface area contributed by atoms with E-state index in [4.69, 9.17) is 4.74 Å². The summed E-state index contributed by atoms with van der Waals surface area (Å²) in [6.07, 6.45) is 6.01. The third-order valence-corrected chi connectivity index (χ3v) is 2.17. The van der Waals surface area contributed by atoms with E-state index >= 15 is 0 Å². The molecule has 0 bridgehead atoms. The van der Waals surface area contributed by atoms with Gasteiger partial charge < -0.3 is 4.74 Å². The largest absolute Gasteiger partial charge is 0.463 e. The lowest BCUT2D eigenvalue weighted by molar-refractivity contribution is -0.138. The van der Waals surface area contributed by atoms with Crippen LogP contribution < -0.4 is 0 Å². The molecule has 0 aliphatic rings. The molecule has 0 unspecified atom stereocenters. The molecule has 0 N–H and O–H groups in total. The van der Waals surface area contributed by atoms with Crippen molar-refractivity contribution in [3.63, 3.8) is 0 Å². The maximum absolute atomic E-state index is 11.6. The van der Waals surface area contributed by atoms with Crippen LogP contribution in [-0.4, -0.2) is 12.6 Å². The van der Waals surface area contributed by atoms with E-state index in [-0.39, 0.29) is 5.97 Å². The summed E-state index contributed by atoms with van der Waals surface area (Å²) in [7, 11) is 0. The summed E-state index contributed by atoms with van der Waals surface area (Å²) >= 11 is 0. The molecule has 0 aromatic rings. The highest BCUT2D eigenvalue weighted by Gasteiger charge is 2.09. The van der Waals surface area contributed by atoms with Gasteiger partial charge in [-0.2, -0.15) is 0 Å². The van der Waals surface area contributed by atoms with Crippen molar-refractivity contribution in [2.45, 2.75) is 53.4 Å². The number of esters is 1. The molecule has 2 heteroatoms. The van der Waals surface area contributed by atoms with E-state index in [1.54, 1.807) is 0 Å². The Morgan fingerprint density at radius 3 is 2.47 bits per heavy atom. The van der Waals surface area contributed by atoms with E-state index in [1.165, 1.54) is 0 Å². The van der Waals surface area contributed by atoms with Crippen molar-refractivity contribution in [2.75, 3.05) is 6.61 Å². The SMILES string of the molecule is CCCC/C(=C/CC(C)C)C(=O)OCC. The van der Waals surface area contributed by atoms with Gasteiger partial charge >= 0.3 is 5.97 Å². The lowest BCUT2D eigenvalue weighted by Crippen LogP contribution is -2.08. The smallest absolute Gasteiger partial charge is 0.333 e. The Hall–Kier alpha value is -0.790. The minimum atomic E-state index is -0.133. The predicted molar refractivity (Wildman–Crippen MR) is 63.7 cm³/mol. The average molecular weight is 212 g/mol. The standard InChI is InChI=1S/C13H24O2/c1-5-7-8-12(10-9-11(3)4)13(14)15-6-2/h10-11H,5-9H2,1-4H3/b12-10-. The van der Waals surface area contributed by atoms with Gasteiger partial charge in [0.25, 0.3) is 0 Å². The third kappa shape index (κ3) is 7.18. The van der Waals surface area contributed by atoms with Gasteiger partial charge in [0.2, 0.25) is 0 Å². The third-order valence-electron chi connectivity index (χ3n) is 2.17. The molecule has 0 atom stereocenters. The molecule has 0 aromatic heterocycles. The fourth-order valence-corrected chi connectivity index (χ4v) is 1.26. The molecule has 0 aliphatic heterocycles. The van der Waals surface area contributed by atoms with E-state index in [0.29, 0.717) is 12.5 Å². The molecule has 0 amide bonds. The summed E-state index contributed by atoms with van der Waals surface area (Å²) in [6.45, 7) is 8.74. The molecule has 0 rings (SSSR count). The van der Waals surface area contributed by atoms with E-state index < -0.39 is 0 Å². The zero-order chi connectivity index (χ0) is 11.7. The molecule has 0 radical (unpaired) electrons. The Morgan fingerprint density at radius 2 is 2.00 bits per heavy atom. The Balaban J connectivity index is 4.28. The van der Waals surface area contributed by atoms with Gasteiger partial charge in [0.05, 0.1) is 6.61 Å². The van der Waals surface area contributed by atoms with Crippen LogP contribution in [0.2, 0.25) is 0 Å². The minimum absolute atomic E-state index is 0.133. The summed E-state index contributed by atoms with van der Waals surface area (Å²) < 4.78 is 5.03. The molecular weight excluding hydrogens is 188 g/mol.